The summed E-state index contributed by atoms with van der Waals surface area (Å²) >= 11 is 0. The van der Waals surface area contributed by atoms with Crippen molar-refractivity contribution in [3.8, 4) is 0 Å². The lowest BCUT2D eigenvalue weighted by atomic mass is 9.93. The Bertz CT molecular complexity index is 1110. The first kappa shape index (κ1) is 23.0. The van der Waals surface area contributed by atoms with Gasteiger partial charge >= 0.3 is 0 Å². The Balaban J connectivity index is 1.97. The second-order valence-corrected chi connectivity index (χ2v) is 10.5. The van der Waals surface area contributed by atoms with Crippen LogP contribution in [0.1, 0.15) is 29.2 Å². The van der Waals surface area contributed by atoms with Gasteiger partial charge in [-0.1, -0.05) is 35.9 Å². The summed E-state index contributed by atoms with van der Waals surface area (Å²) in [4.78, 5) is 27.9. The maximum absolute atomic E-state index is 13.4. The van der Waals surface area contributed by atoms with Gasteiger partial charge in [0.1, 0.15) is 5.54 Å². The predicted molar refractivity (Wildman–Crippen MR) is 121 cm³/mol. The number of piperazine rings is 1. The summed E-state index contributed by atoms with van der Waals surface area (Å²) in [6.45, 7) is 7.36. The van der Waals surface area contributed by atoms with Crippen molar-refractivity contribution in [2.45, 2.75) is 39.8 Å². The van der Waals surface area contributed by atoms with Crippen LogP contribution in [0.25, 0.3) is 0 Å². The fourth-order valence-electron chi connectivity index (χ4n) is 3.75. The number of anilines is 1. The molecule has 3 rings (SSSR count). The summed E-state index contributed by atoms with van der Waals surface area (Å²) in [5.41, 5.74) is 3.26. The van der Waals surface area contributed by atoms with Gasteiger partial charge < -0.3 is 5.32 Å². The van der Waals surface area contributed by atoms with E-state index in [2.05, 4.69) is 5.32 Å². The van der Waals surface area contributed by atoms with Crippen LogP contribution >= 0.6 is 0 Å². The molecule has 2 aromatic carbocycles. The molecule has 8 heteroatoms. The Morgan fingerprint density at radius 3 is 2.29 bits per heavy atom. The van der Waals surface area contributed by atoms with E-state index in [1.807, 2.05) is 57.2 Å². The van der Waals surface area contributed by atoms with Crippen LogP contribution in [0.3, 0.4) is 0 Å². The zero-order valence-electron chi connectivity index (χ0n) is 18.6. The Hall–Kier alpha value is -2.71. The maximum Gasteiger partial charge on any atom is 0.247 e. The van der Waals surface area contributed by atoms with Crippen LogP contribution in [0, 0.1) is 20.8 Å². The van der Waals surface area contributed by atoms with E-state index in [1.165, 1.54) is 4.90 Å². The minimum absolute atomic E-state index is 0.121. The van der Waals surface area contributed by atoms with Crippen LogP contribution in [-0.4, -0.2) is 49.4 Å². The standard InChI is InChI=1S/C23H29N3O4S/c1-16-6-9-19(10-7-16)13-24-22(28)23(4)15-25(31(5,29)30)14-21(27)26(23)20-11-8-17(2)18(3)12-20/h6-12H,13-15H2,1-5H3,(H,24,28)/t23-/m1/s1. The van der Waals surface area contributed by atoms with Gasteiger partial charge in [0.15, 0.2) is 0 Å². The lowest BCUT2D eigenvalue weighted by molar-refractivity contribution is -0.133. The number of rotatable bonds is 5. The van der Waals surface area contributed by atoms with Crippen molar-refractivity contribution in [3.63, 3.8) is 0 Å². The number of carbonyl (C=O) groups is 2. The Morgan fingerprint density at radius 2 is 1.71 bits per heavy atom. The van der Waals surface area contributed by atoms with Gasteiger partial charge in [-0.3, -0.25) is 14.5 Å². The van der Waals surface area contributed by atoms with Gasteiger partial charge in [0.25, 0.3) is 0 Å². The highest BCUT2D eigenvalue weighted by molar-refractivity contribution is 7.88. The van der Waals surface area contributed by atoms with Crippen molar-refractivity contribution in [3.05, 3.63) is 64.7 Å². The van der Waals surface area contributed by atoms with Crippen molar-refractivity contribution in [2.75, 3.05) is 24.2 Å². The molecule has 0 unspecified atom stereocenters. The summed E-state index contributed by atoms with van der Waals surface area (Å²) in [5.74, 6) is -0.846. The molecular weight excluding hydrogens is 414 g/mol. The average Bonchev–Trinajstić information content (AvgIpc) is 2.68. The van der Waals surface area contributed by atoms with Gasteiger partial charge in [0, 0.05) is 18.8 Å². The highest BCUT2D eigenvalue weighted by Gasteiger charge is 2.50. The fraction of sp³-hybridized carbons (Fsp3) is 0.391. The van der Waals surface area contributed by atoms with Gasteiger partial charge in [0.05, 0.1) is 12.8 Å². The summed E-state index contributed by atoms with van der Waals surface area (Å²) in [5, 5.41) is 2.89. The zero-order chi connectivity index (χ0) is 23.0. The molecule has 31 heavy (non-hydrogen) atoms. The topological polar surface area (TPSA) is 86.8 Å². The third kappa shape index (κ3) is 4.80. The monoisotopic (exact) mass is 443 g/mol. The average molecular weight is 444 g/mol. The largest absolute Gasteiger partial charge is 0.350 e. The van der Waals surface area contributed by atoms with Crippen molar-refractivity contribution < 1.29 is 18.0 Å². The summed E-state index contributed by atoms with van der Waals surface area (Å²) in [6.07, 6.45) is 1.05. The molecule has 0 radical (unpaired) electrons. The SMILES string of the molecule is Cc1ccc(CNC(=O)[C@@]2(C)CN(S(C)(=O)=O)CC(=O)N2c2ccc(C)c(C)c2)cc1. The number of nitrogens with zero attached hydrogens (tertiary/aromatic N) is 2. The Labute approximate surface area is 184 Å². The summed E-state index contributed by atoms with van der Waals surface area (Å²) < 4.78 is 25.5. The van der Waals surface area contributed by atoms with Gasteiger partial charge in [-0.15, -0.1) is 0 Å². The second-order valence-electron chi connectivity index (χ2n) is 8.47. The third-order valence-electron chi connectivity index (χ3n) is 5.82. The molecule has 7 nitrogen and oxygen atoms in total. The van der Waals surface area contributed by atoms with E-state index in [9.17, 15) is 18.0 Å². The Morgan fingerprint density at radius 1 is 1.06 bits per heavy atom. The van der Waals surface area contributed by atoms with Crippen LogP contribution in [0.5, 0.6) is 0 Å². The maximum atomic E-state index is 13.4. The first-order valence-corrected chi connectivity index (χ1v) is 12.0. The number of sulfonamides is 1. The number of nitrogens with one attached hydrogen (secondary N) is 1. The molecule has 0 saturated carbocycles. The van der Waals surface area contributed by atoms with E-state index >= 15 is 0 Å². The Kier molecular flexibility index (Phi) is 6.25. The van der Waals surface area contributed by atoms with Crippen molar-refractivity contribution in [1.82, 2.24) is 9.62 Å². The molecule has 166 valence electrons. The summed E-state index contributed by atoms with van der Waals surface area (Å²) in [7, 11) is -3.65. The number of hydrogen-bond acceptors (Lipinski definition) is 4. The van der Waals surface area contributed by atoms with Crippen LogP contribution in [0.2, 0.25) is 0 Å². The number of aryl methyl sites for hydroxylation is 3. The molecule has 1 aliphatic heterocycles. The van der Waals surface area contributed by atoms with E-state index in [0.717, 1.165) is 32.8 Å². The van der Waals surface area contributed by atoms with E-state index in [1.54, 1.807) is 13.0 Å². The van der Waals surface area contributed by atoms with Crippen molar-refractivity contribution in [1.29, 1.82) is 0 Å². The normalized spacial score (nSPS) is 20.0. The molecule has 1 N–H and O–H groups in total. The van der Waals surface area contributed by atoms with Gasteiger partial charge in [0.2, 0.25) is 21.8 Å². The molecular formula is C23H29N3O4S. The number of amides is 2. The lowest BCUT2D eigenvalue weighted by Crippen LogP contribution is -2.70. The molecule has 0 aliphatic carbocycles. The van der Waals surface area contributed by atoms with E-state index in [4.69, 9.17) is 0 Å². The molecule has 0 spiro atoms. The molecule has 1 fully saturated rings. The smallest absolute Gasteiger partial charge is 0.247 e. The van der Waals surface area contributed by atoms with Crippen LogP contribution in [-0.2, 0) is 26.2 Å². The highest BCUT2D eigenvalue weighted by atomic mass is 32.2. The van der Waals surface area contributed by atoms with E-state index in [-0.39, 0.29) is 19.6 Å². The number of hydrogen-bond donors (Lipinski definition) is 1. The van der Waals surface area contributed by atoms with Crippen LogP contribution in [0.15, 0.2) is 42.5 Å². The van der Waals surface area contributed by atoms with Gasteiger partial charge in [-0.2, -0.15) is 4.31 Å². The molecule has 1 atom stereocenters. The number of carbonyl (C=O) groups excluding carboxylic acids is 2. The predicted octanol–water partition coefficient (Wildman–Crippen LogP) is 2.30. The summed E-state index contributed by atoms with van der Waals surface area (Å²) in [6, 6.07) is 13.3. The molecule has 0 aromatic heterocycles. The molecule has 2 aromatic rings. The molecule has 0 bridgehead atoms. The van der Waals surface area contributed by atoms with Crippen molar-refractivity contribution in [2.24, 2.45) is 0 Å². The molecule has 1 heterocycles. The zero-order valence-corrected chi connectivity index (χ0v) is 19.4. The highest BCUT2D eigenvalue weighted by Crippen LogP contribution is 2.31. The first-order chi connectivity index (χ1) is 14.4. The molecule has 2 amide bonds. The molecule has 1 saturated heterocycles. The first-order valence-electron chi connectivity index (χ1n) is 10.1. The van der Waals surface area contributed by atoms with Crippen LogP contribution in [0.4, 0.5) is 5.69 Å². The van der Waals surface area contributed by atoms with Gasteiger partial charge in [-0.25, -0.2) is 8.42 Å². The lowest BCUT2D eigenvalue weighted by Gasteiger charge is -2.46. The quantitative estimate of drug-likeness (QED) is 0.768. The minimum atomic E-state index is -3.65. The van der Waals surface area contributed by atoms with Crippen molar-refractivity contribution >= 4 is 27.5 Å². The fourth-order valence-corrected chi connectivity index (χ4v) is 4.58. The van der Waals surface area contributed by atoms with E-state index < -0.39 is 27.4 Å². The van der Waals surface area contributed by atoms with E-state index in [0.29, 0.717) is 5.69 Å². The second kappa shape index (κ2) is 8.43. The van der Waals surface area contributed by atoms with Crippen LogP contribution < -0.4 is 10.2 Å². The number of benzene rings is 2. The van der Waals surface area contributed by atoms with Gasteiger partial charge in [-0.05, 0) is 56.5 Å². The third-order valence-corrected chi connectivity index (χ3v) is 7.02. The molecule has 1 aliphatic rings. The minimum Gasteiger partial charge on any atom is -0.350 e.